The number of halogens is 2. The second-order valence-electron chi connectivity index (χ2n) is 11.4. The van der Waals surface area contributed by atoms with Gasteiger partial charge in [-0.05, 0) is 78.8 Å². The zero-order valence-electron chi connectivity index (χ0n) is 26.9. The van der Waals surface area contributed by atoms with E-state index in [-0.39, 0.29) is 43.1 Å². The third-order valence-corrected chi connectivity index (χ3v) is 7.42. The zero-order valence-corrected chi connectivity index (χ0v) is 26.9. The molecule has 0 aliphatic heterocycles. The predicted molar refractivity (Wildman–Crippen MR) is 172 cm³/mol. The van der Waals surface area contributed by atoms with Gasteiger partial charge in [0, 0.05) is 56.0 Å². The maximum atomic E-state index is 14.1. The third-order valence-electron chi connectivity index (χ3n) is 7.42. The van der Waals surface area contributed by atoms with Crippen LogP contribution in [0.3, 0.4) is 0 Å². The van der Waals surface area contributed by atoms with Gasteiger partial charge in [-0.15, -0.1) is 0 Å². The first kappa shape index (κ1) is 36.1. The SMILES string of the molecule is CCCN(CCC)C(=O)c1cc(C)cc(C(=O)N(Cc2cccc(CNC(=O)OC)c2)C[C@@H](O)[C@@H](N)Cc2cc(F)cc(F)c2)c1. The summed E-state index contributed by atoms with van der Waals surface area (Å²) in [5.41, 5.74) is 9.42. The van der Waals surface area contributed by atoms with Crippen molar-refractivity contribution in [2.45, 2.75) is 65.3 Å². The van der Waals surface area contributed by atoms with E-state index in [1.54, 1.807) is 29.2 Å². The molecule has 0 saturated heterocycles. The zero-order chi connectivity index (χ0) is 33.8. The van der Waals surface area contributed by atoms with Gasteiger partial charge in [-0.1, -0.05) is 38.1 Å². The number of methoxy groups -OCH3 is 1. The number of benzene rings is 3. The lowest BCUT2D eigenvalue weighted by molar-refractivity contribution is 0.0554. The van der Waals surface area contributed by atoms with E-state index >= 15 is 0 Å². The molecule has 0 saturated carbocycles. The van der Waals surface area contributed by atoms with E-state index in [1.165, 1.54) is 12.0 Å². The summed E-state index contributed by atoms with van der Waals surface area (Å²) in [6.45, 7) is 7.06. The van der Waals surface area contributed by atoms with Gasteiger partial charge in [0.25, 0.3) is 11.8 Å². The molecule has 4 N–H and O–H groups in total. The maximum absolute atomic E-state index is 14.1. The van der Waals surface area contributed by atoms with Crippen LogP contribution in [-0.2, 0) is 24.2 Å². The molecular formula is C35H44F2N4O5. The first-order valence-corrected chi connectivity index (χ1v) is 15.4. The molecule has 0 unspecified atom stereocenters. The van der Waals surface area contributed by atoms with E-state index in [0.717, 1.165) is 42.2 Å². The van der Waals surface area contributed by atoms with E-state index in [9.17, 15) is 28.3 Å². The molecule has 0 aliphatic rings. The van der Waals surface area contributed by atoms with Crippen LogP contribution in [0.4, 0.5) is 13.6 Å². The number of rotatable bonds is 15. The number of aryl methyl sites for hydroxylation is 1. The summed E-state index contributed by atoms with van der Waals surface area (Å²) in [7, 11) is 1.27. The molecular weight excluding hydrogens is 594 g/mol. The molecule has 46 heavy (non-hydrogen) atoms. The van der Waals surface area contributed by atoms with Crippen molar-refractivity contribution in [1.29, 1.82) is 0 Å². The number of carbonyl (C=O) groups excluding carboxylic acids is 3. The van der Waals surface area contributed by atoms with Gasteiger partial charge in [-0.25, -0.2) is 13.6 Å². The fourth-order valence-corrected chi connectivity index (χ4v) is 5.27. The molecule has 11 heteroatoms. The minimum absolute atomic E-state index is 0.0274. The number of hydrogen-bond acceptors (Lipinski definition) is 6. The summed E-state index contributed by atoms with van der Waals surface area (Å²) in [6.07, 6.45) is -0.272. The lowest BCUT2D eigenvalue weighted by Crippen LogP contribution is -2.46. The first-order chi connectivity index (χ1) is 21.9. The highest BCUT2D eigenvalue weighted by atomic mass is 19.1. The first-order valence-electron chi connectivity index (χ1n) is 15.4. The van der Waals surface area contributed by atoms with Crippen LogP contribution in [0, 0.1) is 18.6 Å². The van der Waals surface area contributed by atoms with Crippen molar-refractivity contribution in [3.8, 4) is 0 Å². The number of hydrogen-bond donors (Lipinski definition) is 3. The van der Waals surface area contributed by atoms with Crippen molar-refractivity contribution in [1.82, 2.24) is 15.1 Å². The normalized spacial score (nSPS) is 12.3. The summed E-state index contributed by atoms with van der Waals surface area (Å²) in [6, 6.07) is 14.3. The van der Waals surface area contributed by atoms with Crippen molar-refractivity contribution < 1.29 is 33.0 Å². The lowest BCUT2D eigenvalue weighted by Gasteiger charge is -2.29. The number of amides is 3. The second kappa shape index (κ2) is 17.4. The largest absolute Gasteiger partial charge is 0.453 e. The fourth-order valence-electron chi connectivity index (χ4n) is 5.27. The second-order valence-corrected chi connectivity index (χ2v) is 11.4. The van der Waals surface area contributed by atoms with Crippen molar-refractivity contribution in [3.63, 3.8) is 0 Å². The summed E-state index contributed by atoms with van der Waals surface area (Å²) in [5, 5.41) is 13.8. The van der Waals surface area contributed by atoms with E-state index in [0.29, 0.717) is 24.2 Å². The molecule has 248 valence electrons. The Morgan fingerprint density at radius 3 is 2.04 bits per heavy atom. The van der Waals surface area contributed by atoms with E-state index in [4.69, 9.17) is 5.73 Å². The minimum atomic E-state index is -1.25. The number of aliphatic hydroxyl groups is 1. The van der Waals surface area contributed by atoms with E-state index < -0.39 is 35.8 Å². The quantitative estimate of drug-likeness (QED) is 0.216. The standard InChI is InChI=1S/C35H44F2N4O5/c1-5-10-40(11-6-2)33(43)27-12-23(3)13-28(18-27)34(44)41(21-25-9-7-8-24(14-25)20-39-35(45)46-4)22-32(42)31(38)17-26-15-29(36)19-30(37)16-26/h7-9,12-16,18-19,31-32,42H,5-6,10-11,17,20-22,38H2,1-4H3,(H,39,45)/t31-,32+/m0/s1. The molecule has 3 aromatic rings. The van der Waals surface area contributed by atoms with Gasteiger partial charge in [0.05, 0.1) is 13.2 Å². The smallest absolute Gasteiger partial charge is 0.407 e. The average molecular weight is 639 g/mol. The minimum Gasteiger partial charge on any atom is -0.453 e. The van der Waals surface area contributed by atoms with Crippen LogP contribution in [0.1, 0.15) is 69.7 Å². The molecule has 3 rings (SSSR count). The van der Waals surface area contributed by atoms with Crippen molar-refractivity contribution >= 4 is 17.9 Å². The number of aliphatic hydroxyl groups excluding tert-OH is 1. The van der Waals surface area contributed by atoms with Crippen LogP contribution in [0.15, 0.2) is 60.7 Å². The highest BCUT2D eigenvalue weighted by Gasteiger charge is 2.26. The average Bonchev–Trinajstić information content (AvgIpc) is 3.01. The molecule has 3 aromatic carbocycles. The van der Waals surface area contributed by atoms with Gasteiger partial charge < -0.3 is 30.7 Å². The molecule has 3 amide bonds. The molecule has 0 bridgehead atoms. The number of nitrogens with one attached hydrogen (secondary N) is 1. The lowest BCUT2D eigenvalue weighted by atomic mass is 10.00. The van der Waals surface area contributed by atoms with Gasteiger partial charge in [-0.2, -0.15) is 0 Å². The van der Waals surface area contributed by atoms with E-state index in [2.05, 4.69) is 10.1 Å². The predicted octanol–water partition coefficient (Wildman–Crippen LogP) is 4.96. The Hall–Kier alpha value is -4.35. The molecule has 0 spiro atoms. The Morgan fingerprint density at radius 1 is 0.870 bits per heavy atom. The molecule has 2 atom stereocenters. The van der Waals surface area contributed by atoms with Crippen LogP contribution in [0.5, 0.6) is 0 Å². The molecule has 0 aromatic heterocycles. The molecule has 0 heterocycles. The topological polar surface area (TPSA) is 125 Å². The van der Waals surface area contributed by atoms with Gasteiger partial charge in [0.15, 0.2) is 0 Å². The number of ether oxygens (including phenoxy) is 1. The number of nitrogens with two attached hydrogens (primary N) is 1. The highest BCUT2D eigenvalue weighted by molar-refractivity contribution is 6.00. The summed E-state index contributed by atoms with van der Waals surface area (Å²) in [5.74, 6) is -2.10. The van der Waals surface area contributed by atoms with Crippen LogP contribution in [-0.4, -0.2) is 71.7 Å². The Morgan fingerprint density at radius 2 is 1.46 bits per heavy atom. The number of carbonyl (C=O) groups is 3. The summed E-state index contributed by atoms with van der Waals surface area (Å²) < 4.78 is 32.2. The summed E-state index contributed by atoms with van der Waals surface area (Å²) >= 11 is 0. The van der Waals surface area contributed by atoms with Crippen molar-refractivity contribution in [3.05, 3.63) is 106 Å². The number of alkyl carbamates (subject to hydrolysis) is 1. The van der Waals surface area contributed by atoms with Gasteiger partial charge in [0.1, 0.15) is 11.6 Å². The third kappa shape index (κ3) is 10.6. The summed E-state index contributed by atoms with van der Waals surface area (Å²) in [4.78, 5) is 42.3. The number of nitrogens with zero attached hydrogens (tertiary/aromatic N) is 2. The van der Waals surface area contributed by atoms with Gasteiger partial charge in [0.2, 0.25) is 0 Å². The molecule has 0 fully saturated rings. The van der Waals surface area contributed by atoms with Crippen LogP contribution in [0.2, 0.25) is 0 Å². The fraction of sp³-hybridized carbons (Fsp3) is 0.400. The van der Waals surface area contributed by atoms with Crippen LogP contribution in [0.25, 0.3) is 0 Å². The van der Waals surface area contributed by atoms with Crippen molar-refractivity contribution in [2.75, 3.05) is 26.7 Å². The van der Waals surface area contributed by atoms with Crippen LogP contribution >= 0.6 is 0 Å². The van der Waals surface area contributed by atoms with Crippen molar-refractivity contribution in [2.24, 2.45) is 5.73 Å². The molecule has 9 nitrogen and oxygen atoms in total. The molecule has 0 aliphatic carbocycles. The Bertz CT molecular complexity index is 1480. The van der Waals surface area contributed by atoms with Crippen LogP contribution < -0.4 is 11.1 Å². The highest BCUT2D eigenvalue weighted by Crippen LogP contribution is 2.19. The van der Waals surface area contributed by atoms with Gasteiger partial charge in [-0.3, -0.25) is 9.59 Å². The molecule has 0 radical (unpaired) electrons. The Labute approximate surface area is 269 Å². The van der Waals surface area contributed by atoms with E-state index in [1.807, 2.05) is 39.0 Å². The van der Waals surface area contributed by atoms with Gasteiger partial charge >= 0.3 is 6.09 Å². The monoisotopic (exact) mass is 638 g/mol. The Balaban J connectivity index is 1.92. The Kier molecular flexibility index (Phi) is 13.6. The maximum Gasteiger partial charge on any atom is 0.407 e.